The van der Waals surface area contributed by atoms with E-state index in [2.05, 4.69) is 37.1 Å². The molecule has 0 aliphatic heterocycles. The molecule has 1 N–H and O–H groups in total. The lowest BCUT2D eigenvalue weighted by Gasteiger charge is -2.10. The van der Waals surface area contributed by atoms with Crippen molar-refractivity contribution >= 4 is 28.3 Å². The van der Waals surface area contributed by atoms with Crippen LogP contribution in [0, 0.1) is 5.92 Å². The maximum atomic E-state index is 11.6. The number of anilines is 1. The van der Waals surface area contributed by atoms with Crippen molar-refractivity contribution in [3.05, 3.63) is 23.2 Å². The van der Waals surface area contributed by atoms with Crippen LogP contribution in [0.5, 0.6) is 0 Å². The average molecular weight is 338 g/mol. The Morgan fingerprint density at radius 2 is 2.13 bits per heavy atom. The fraction of sp³-hybridized carbons (Fsp3) is 0.588. The Kier molecular flexibility index (Phi) is 9.21. The molecule has 128 valence electrons. The molecule has 5 nitrogen and oxygen atoms in total. The second-order valence-electron chi connectivity index (χ2n) is 5.86. The van der Waals surface area contributed by atoms with Crippen LogP contribution in [0.3, 0.4) is 0 Å². The van der Waals surface area contributed by atoms with Gasteiger partial charge in [-0.2, -0.15) is 0 Å². The first-order chi connectivity index (χ1) is 11.0. The quantitative estimate of drug-likeness (QED) is 0.513. The van der Waals surface area contributed by atoms with Gasteiger partial charge < -0.3 is 10.1 Å². The molecule has 1 atom stereocenters. The van der Waals surface area contributed by atoms with E-state index in [-0.39, 0.29) is 24.7 Å². The Morgan fingerprint density at radius 1 is 1.35 bits per heavy atom. The Hall–Kier alpha value is -1.69. The highest BCUT2D eigenvalue weighted by Gasteiger charge is 2.10. The zero-order valence-corrected chi connectivity index (χ0v) is 14.9. The van der Waals surface area contributed by atoms with Crippen LogP contribution in [-0.2, 0) is 14.3 Å². The predicted octanol–water partition coefficient (Wildman–Crippen LogP) is 4.18. The van der Waals surface area contributed by atoms with Gasteiger partial charge in [-0.05, 0) is 39.0 Å². The van der Waals surface area contributed by atoms with Crippen molar-refractivity contribution in [1.29, 1.82) is 0 Å². The summed E-state index contributed by atoms with van der Waals surface area (Å²) in [7, 11) is 0. The first-order valence-corrected chi connectivity index (χ1v) is 8.83. The van der Waals surface area contributed by atoms with Gasteiger partial charge in [0, 0.05) is 18.0 Å². The van der Waals surface area contributed by atoms with Crippen molar-refractivity contribution in [2.75, 3.05) is 11.9 Å². The highest BCUT2D eigenvalue weighted by molar-refractivity contribution is 7.13. The lowest BCUT2D eigenvalue weighted by molar-refractivity contribution is -0.145. The summed E-state index contributed by atoms with van der Waals surface area (Å²) in [5.41, 5.74) is 1.33. The Balaban J connectivity index is 2.07. The Bertz CT molecular complexity index is 508. The van der Waals surface area contributed by atoms with Gasteiger partial charge >= 0.3 is 5.97 Å². The predicted molar refractivity (Wildman–Crippen MR) is 93.4 cm³/mol. The molecule has 0 fully saturated rings. The molecule has 0 saturated carbocycles. The lowest BCUT2D eigenvalue weighted by Crippen LogP contribution is -2.15. The third-order valence-corrected chi connectivity index (χ3v) is 4.01. The van der Waals surface area contributed by atoms with Gasteiger partial charge in [-0.15, -0.1) is 11.3 Å². The van der Waals surface area contributed by atoms with Gasteiger partial charge in [-0.25, -0.2) is 4.98 Å². The summed E-state index contributed by atoms with van der Waals surface area (Å²) in [4.78, 5) is 27.2. The van der Waals surface area contributed by atoms with Gasteiger partial charge in [0.2, 0.25) is 5.91 Å². The molecule has 1 heterocycles. The smallest absolute Gasteiger partial charge is 0.306 e. The van der Waals surface area contributed by atoms with E-state index in [9.17, 15) is 9.59 Å². The molecular weight excluding hydrogens is 312 g/mol. The number of hydrogen-bond donors (Lipinski definition) is 1. The summed E-state index contributed by atoms with van der Waals surface area (Å²) in [5, 5.41) is 4.97. The second kappa shape index (κ2) is 10.9. The van der Waals surface area contributed by atoms with Gasteiger partial charge in [-0.1, -0.05) is 18.6 Å². The molecule has 1 rings (SSSR count). The van der Waals surface area contributed by atoms with E-state index in [0.717, 1.165) is 19.3 Å². The zero-order valence-electron chi connectivity index (χ0n) is 14.1. The molecular formula is C17H26N2O3S. The van der Waals surface area contributed by atoms with Crippen LogP contribution in [-0.4, -0.2) is 23.5 Å². The second-order valence-corrected chi connectivity index (χ2v) is 6.75. The zero-order chi connectivity index (χ0) is 17.1. The minimum absolute atomic E-state index is 0.101. The summed E-state index contributed by atoms with van der Waals surface area (Å²) >= 11 is 1.35. The minimum atomic E-state index is -0.323. The fourth-order valence-electron chi connectivity index (χ4n) is 1.93. The Morgan fingerprint density at radius 3 is 2.78 bits per heavy atom. The van der Waals surface area contributed by atoms with Crippen molar-refractivity contribution in [1.82, 2.24) is 4.98 Å². The molecule has 23 heavy (non-hydrogen) atoms. The molecule has 1 aromatic heterocycles. The third kappa shape index (κ3) is 9.84. The van der Waals surface area contributed by atoms with Gasteiger partial charge in [0.05, 0.1) is 13.0 Å². The number of allylic oxidation sites excluding steroid dienone is 2. The fourth-order valence-corrected chi connectivity index (χ4v) is 2.47. The Labute approximate surface area is 142 Å². The molecule has 0 aliphatic carbocycles. The largest absolute Gasteiger partial charge is 0.466 e. The number of aromatic nitrogens is 1. The van der Waals surface area contributed by atoms with Crippen LogP contribution in [0.25, 0.3) is 0 Å². The number of hydrogen-bond acceptors (Lipinski definition) is 5. The molecule has 0 bridgehead atoms. The molecule has 1 aromatic rings. The number of nitrogens with one attached hydrogen (secondary N) is 1. The van der Waals surface area contributed by atoms with Crippen molar-refractivity contribution in [2.24, 2.45) is 5.92 Å². The normalized spacial score (nSPS) is 11.6. The van der Waals surface area contributed by atoms with E-state index in [1.54, 1.807) is 11.6 Å². The average Bonchev–Trinajstić information content (AvgIpc) is 2.97. The standard InChI is InChI=1S/C17H26N2O3S/c1-13(2)5-4-6-14(3)9-11-22-16(21)8-7-15(20)19-17-18-10-12-23-17/h5,10,12,14H,4,6-9,11H2,1-3H3,(H,18,19,20). The maximum absolute atomic E-state index is 11.6. The first kappa shape index (κ1) is 19.4. The molecule has 0 radical (unpaired) electrons. The van der Waals surface area contributed by atoms with Crippen LogP contribution >= 0.6 is 11.3 Å². The van der Waals surface area contributed by atoms with Crippen molar-refractivity contribution < 1.29 is 14.3 Å². The first-order valence-electron chi connectivity index (χ1n) is 7.95. The number of rotatable bonds is 10. The highest BCUT2D eigenvalue weighted by Crippen LogP contribution is 2.13. The summed E-state index contributed by atoms with van der Waals surface area (Å²) in [6.45, 7) is 6.77. The maximum Gasteiger partial charge on any atom is 0.306 e. The van der Waals surface area contributed by atoms with Crippen LogP contribution in [0.2, 0.25) is 0 Å². The monoisotopic (exact) mass is 338 g/mol. The molecule has 0 aliphatic rings. The van der Waals surface area contributed by atoms with E-state index in [0.29, 0.717) is 17.7 Å². The molecule has 1 amide bonds. The van der Waals surface area contributed by atoms with Gasteiger partial charge in [0.25, 0.3) is 0 Å². The number of thiazole rings is 1. The number of nitrogens with zero attached hydrogens (tertiary/aromatic N) is 1. The van der Waals surface area contributed by atoms with Crippen LogP contribution < -0.4 is 5.32 Å². The van der Waals surface area contributed by atoms with Crippen molar-refractivity contribution in [3.63, 3.8) is 0 Å². The number of amides is 1. The molecule has 1 unspecified atom stereocenters. The van der Waals surface area contributed by atoms with E-state index < -0.39 is 0 Å². The third-order valence-electron chi connectivity index (χ3n) is 3.32. The molecule has 0 saturated heterocycles. The summed E-state index contributed by atoms with van der Waals surface area (Å²) in [5.74, 6) is -0.0191. The van der Waals surface area contributed by atoms with Gasteiger partial charge in [-0.3, -0.25) is 9.59 Å². The molecule has 0 spiro atoms. The molecule has 6 heteroatoms. The summed E-state index contributed by atoms with van der Waals surface area (Å²) in [6.07, 6.45) is 7.08. The van der Waals surface area contributed by atoms with E-state index >= 15 is 0 Å². The highest BCUT2D eigenvalue weighted by atomic mass is 32.1. The lowest BCUT2D eigenvalue weighted by atomic mass is 10.0. The van der Waals surface area contributed by atoms with Gasteiger partial charge in [0.1, 0.15) is 0 Å². The van der Waals surface area contributed by atoms with Crippen molar-refractivity contribution in [3.8, 4) is 0 Å². The van der Waals surface area contributed by atoms with Crippen LogP contribution in [0.1, 0.15) is 52.9 Å². The number of carbonyl (C=O) groups is 2. The van der Waals surface area contributed by atoms with Crippen LogP contribution in [0.15, 0.2) is 23.2 Å². The summed E-state index contributed by atoms with van der Waals surface area (Å²) in [6, 6.07) is 0. The van der Waals surface area contributed by atoms with Crippen LogP contribution in [0.4, 0.5) is 5.13 Å². The number of esters is 1. The number of carbonyl (C=O) groups excluding carboxylic acids is 2. The van der Waals surface area contributed by atoms with E-state index in [1.165, 1.54) is 16.9 Å². The van der Waals surface area contributed by atoms with E-state index in [1.807, 2.05) is 0 Å². The SMILES string of the molecule is CC(C)=CCCC(C)CCOC(=O)CCC(=O)Nc1nccs1. The molecule has 0 aromatic carbocycles. The minimum Gasteiger partial charge on any atom is -0.466 e. The summed E-state index contributed by atoms with van der Waals surface area (Å²) < 4.78 is 5.18. The van der Waals surface area contributed by atoms with E-state index in [4.69, 9.17) is 4.74 Å². The van der Waals surface area contributed by atoms with Crippen molar-refractivity contribution in [2.45, 2.75) is 52.9 Å². The number of ether oxygens (including phenoxy) is 1. The van der Waals surface area contributed by atoms with Gasteiger partial charge in [0.15, 0.2) is 5.13 Å². The topological polar surface area (TPSA) is 68.3 Å².